The fourth-order valence-electron chi connectivity index (χ4n) is 2.40. The standard InChI is InChI=1S/C17H18N4OS/c1-11-5-6-14(12(2)9-11)15-10-23-17(19-15)20-16(22)13(3)21-8-4-7-18-21/h4-10,13H,1-3H3,(H,19,20,22). The minimum Gasteiger partial charge on any atom is -0.300 e. The molecule has 0 spiro atoms. The van der Waals surface area contributed by atoms with Crippen LogP contribution >= 0.6 is 11.3 Å². The molecular weight excluding hydrogens is 308 g/mol. The van der Waals surface area contributed by atoms with Crippen molar-refractivity contribution in [3.8, 4) is 11.3 Å². The fourth-order valence-corrected chi connectivity index (χ4v) is 3.11. The summed E-state index contributed by atoms with van der Waals surface area (Å²) in [5.41, 5.74) is 4.38. The van der Waals surface area contributed by atoms with Gasteiger partial charge in [0.1, 0.15) is 6.04 Å². The number of carbonyl (C=O) groups excluding carboxylic acids is 1. The molecule has 1 unspecified atom stereocenters. The molecule has 0 bridgehead atoms. The molecule has 2 heterocycles. The molecule has 0 saturated carbocycles. The third-order valence-electron chi connectivity index (χ3n) is 3.69. The quantitative estimate of drug-likeness (QED) is 0.793. The van der Waals surface area contributed by atoms with Crippen LogP contribution in [-0.2, 0) is 4.79 Å². The van der Waals surface area contributed by atoms with Crippen LogP contribution in [0.5, 0.6) is 0 Å². The highest BCUT2D eigenvalue weighted by Crippen LogP contribution is 2.28. The van der Waals surface area contributed by atoms with Crippen molar-refractivity contribution in [2.75, 3.05) is 5.32 Å². The molecular formula is C17H18N4OS. The molecule has 3 rings (SSSR count). The molecule has 5 nitrogen and oxygen atoms in total. The van der Waals surface area contributed by atoms with Gasteiger partial charge in [0, 0.05) is 23.3 Å². The smallest absolute Gasteiger partial charge is 0.250 e. The summed E-state index contributed by atoms with van der Waals surface area (Å²) in [6.07, 6.45) is 3.43. The normalized spacial score (nSPS) is 12.1. The lowest BCUT2D eigenvalue weighted by atomic mass is 10.0. The molecule has 23 heavy (non-hydrogen) atoms. The highest BCUT2D eigenvalue weighted by Gasteiger charge is 2.17. The monoisotopic (exact) mass is 326 g/mol. The first-order valence-electron chi connectivity index (χ1n) is 7.38. The number of aromatic nitrogens is 3. The first kappa shape index (κ1) is 15.4. The number of nitrogens with zero attached hydrogens (tertiary/aromatic N) is 3. The molecule has 0 fully saturated rings. The number of aryl methyl sites for hydroxylation is 2. The van der Waals surface area contributed by atoms with Crippen LogP contribution in [0.4, 0.5) is 5.13 Å². The molecule has 1 amide bonds. The Hall–Kier alpha value is -2.47. The molecule has 0 saturated heterocycles. The van der Waals surface area contributed by atoms with Gasteiger partial charge in [-0.25, -0.2) is 4.98 Å². The minimum absolute atomic E-state index is 0.129. The van der Waals surface area contributed by atoms with Crippen LogP contribution in [0.25, 0.3) is 11.3 Å². The van der Waals surface area contributed by atoms with Gasteiger partial charge in [-0.1, -0.05) is 23.8 Å². The summed E-state index contributed by atoms with van der Waals surface area (Å²) >= 11 is 1.43. The second kappa shape index (κ2) is 6.34. The van der Waals surface area contributed by atoms with Gasteiger partial charge in [-0.2, -0.15) is 5.10 Å². The summed E-state index contributed by atoms with van der Waals surface area (Å²) in [6.45, 7) is 5.95. The van der Waals surface area contributed by atoms with E-state index in [1.165, 1.54) is 22.5 Å². The molecule has 0 aliphatic carbocycles. The maximum absolute atomic E-state index is 12.3. The summed E-state index contributed by atoms with van der Waals surface area (Å²) in [7, 11) is 0. The van der Waals surface area contributed by atoms with Crippen LogP contribution in [0.2, 0.25) is 0 Å². The van der Waals surface area contributed by atoms with Gasteiger partial charge in [-0.05, 0) is 32.4 Å². The SMILES string of the molecule is Cc1ccc(-c2csc(NC(=O)C(C)n3cccn3)n2)c(C)c1. The number of rotatable bonds is 4. The average molecular weight is 326 g/mol. The lowest BCUT2D eigenvalue weighted by molar-refractivity contribution is -0.119. The lowest BCUT2D eigenvalue weighted by Gasteiger charge is -2.10. The van der Waals surface area contributed by atoms with Gasteiger partial charge in [0.2, 0.25) is 0 Å². The van der Waals surface area contributed by atoms with E-state index in [9.17, 15) is 4.79 Å². The maximum Gasteiger partial charge on any atom is 0.250 e. The van der Waals surface area contributed by atoms with Gasteiger partial charge in [0.25, 0.3) is 5.91 Å². The van der Waals surface area contributed by atoms with Crippen LogP contribution in [0, 0.1) is 13.8 Å². The van der Waals surface area contributed by atoms with Crippen molar-refractivity contribution in [3.05, 3.63) is 53.2 Å². The molecule has 0 radical (unpaired) electrons. The topological polar surface area (TPSA) is 59.8 Å². The highest BCUT2D eigenvalue weighted by molar-refractivity contribution is 7.14. The van der Waals surface area contributed by atoms with E-state index in [0.717, 1.165) is 11.3 Å². The minimum atomic E-state index is -0.376. The van der Waals surface area contributed by atoms with Gasteiger partial charge in [0.05, 0.1) is 5.69 Å². The number of hydrogen-bond acceptors (Lipinski definition) is 4. The lowest BCUT2D eigenvalue weighted by Crippen LogP contribution is -2.23. The van der Waals surface area contributed by atoms with E-state index < -0.39 is 0 Å². The predicted octanol–water partition coefficient (Wildman–Crippen LogP) is 3.82. The van der Waals surface area contributed by atoms with Crippen molar-refractivity contribution >= 4 is 22.4 Å². The number of anilines is 1. The number of carbonyl (C=O) groups is 1. The zero-order valence-corrected chi connectivity index (χ0v) is 14.1. The Labute approximate surface area is 139 Å². The summed E-state index contributed by atoms with van der Waals surface area (Å²) in [5, 5.41) is 9.51. The van der Waals surface area contributed by atoms with E-state index in [4.69, 9.17) is 0 Å². The van der Waals surface area contributed by atoms with E-state index >= 15 is 0 Å². The first-order valence-corrected chi connectivity index (χ1v) is 8.25. The van der Waals surface area contributed by atoms with E-state index in [0.29, 0.717) is 5.13 Å². The Morgan fingerprint density at radius 1 is 1.35 bits per heavy atom. The number of benzene rings is 1. The van der Waals surface area contributed by atoms with Gasteiger partial charge < -0.3 is 5.32 Å². The van der Waals surface area contributed by atoms with E-state index in [2.05, 4.69) is 47.4 Å². The Morgan fingerprint density at radius 3 is 2.87 bits per heavy atom. The Bertz CT molecular complexity index is 823. The molecule has 6 heteroatoms. The van der Waals surface area contributed by atoms with Crippen molar-refractivity contribution in [3.63, 3.8) is 0 Å². The van der Waals surface area contributed by atoms with Gasteiger partial charge in [-0.15, -0.1) is 11.3 Å². The summed E-state index contributed by atoms with van der Waals surface area (Å²) in [4.78, 5) is 16.8. The largest absolute Gasteiger partial charge is 0.300 e. The molecule has 118 valence electrons. The molecule has 1 aromatic carbocycles. The van der Waals surface area contributed by atoms with Gasteiger partial charge >= 0.3 is 0 Å². The van der Waals surface area contributed by atoms with Crippen LogP contribution in [0.15, 0.2) is 42.0 Å². The summed E-state index contributed by atoms with van der Waals surface area (Å²) in [6, 6.07) is 7.69. The van der Waals surface area contributed by atoms with Crippen molar-refractivity contribution < 1.29 is 4.79 Å². The molecule has 2 aromatic heterocycles. The second-order valence-electron chi connectivity index (χ2n) is 5.51. The summed E-state index contributed by atoms with van der Waals surface area (Å²) in [5.74, 6) is -0.129. The zero-order chi connectivity index (χ0) is 16.4. The van der Waals surface area contributed by atoms with E-state index in [1.807, 2.05) is 5.38 Å². The van der Waals surface area contributed by atoms with Crippen molar-refractivity contribution in [2.45, 2.75) is 26.8 Å². The predicted molar refractivity (Wildman–Crippen MR) is 92.6 cm³/mol. The molecule has 0 aliphatic rings. The van der Waals surface area contributed by atoms with Crippen molar-refractivity contribution in [1.82, 2.24) is 14.8 Å². The summed E-state index contributed by atoms with van der Waals surface area (Å²) < 4.78 is 1.62. The highest BCUT2D eigenvalue weighted by atomic mass is 32.1. The molecule has 3 aromatic rings. The van der Waals surface area contributed by atoms with Gasteiger partial charge in [-0.3, -0.25) is 9.48 Å². The Morgan fingerprint density at radius 2 is 2.17 bits per heavy atom. The number of hydrogen-bond donors (Lipinski definition) is 1. The van der Waals surface area contributed by atoms with E-state index in [1.54, 1.807) is 30.1 Å². The Balaban J connectivity index is 1.76. The van der Waals surface area contributed by atoms with Crippen LogP contribution in [0.1, 0.15) is 24.1 Å². The van der Waals surface area contributed by atoms with Crippen LogP contribution in [-0.4, -0.2) is 20.7 Å². The zero-order valence-electron chi connectivity index (χ0n) is 13.3. The van der Waals surface area contributed by atoms with Crippen molar-refractivity contribution in [2.24, 2.45) is 0 Å². The maximum atomic E-state index is 12.3. The third kappa shape index (κ3) is 3.32. The number of amides is 1. The Kier molecular flexibility index (Phi) is 4.25. The average Bonchev–Trinajstić information content (AvgIpc) is 3.18. The van der Waals surface area contributed by atoms with Crippen molar-refractivity contribution in [1.29, 1.82) is 0 Å². The van der Waals surface area contributed by atoms with Crippen LogP contribution < -0.4 is 5.32 Å². The molecule has 1 N–H and O–H groups in total. The fraction of sp³-hybridized carbons (Fsp3) is 0.235. The number of nitrogens with one attached hydrogen (secondary N) is 1. The number of thiazole rings is 1. The third-order valence-corrected chi connectivity index (χ3v) is 4.45. The molecule has 1 atom stereocenters. The van der Waals surface area contributed by atoms with Gasteiger partial charge in [0.15, 0.2) is 5.13 Å². The molecule has 0 aliphatic heterocycles. The second-order valence-corrected chi connectivity index (χ2v) is 6.37. The van der Waals surface area contributed by atoms with E-state index in [-0.39, 0.29) is 11.9 Å². The first-order chi connectivity index (χ1) is 11.0. The van der Waals surface area contributed by atoms with Crippen LogP contribution in [0.3, 0.4) is 0 Å².